The third-order valence-corrected chi connectivity index (χ3v) is 8.01. The number of rotatable bonds is 6. The van der Waals surface area contributed by atoms with Crippen molar-refractivity contribution in [3.63, 3.8) is 0 Å². The van der Waals surface area contributed by atoms with Gasteiger partial charge in [0.25, 0.3) is 0 Å². The number of amides is 3. The summed E-state index contributed by atoms with van der Waals surface area (Å²) in [5, 5.41) is 17.1. The zero-order chi connectivity index (χ0) is 23.3. The normalized spacial score (nSPS) is 32.3. The first kappa shape index (κ1) is 22.3. The zero-order valence-electron chi connectivity index (χ0n) is 18.2. The molecule has 8 nitrogen and oxygen atoms in total. The molecule has 33 heavy (non-hydrogen) atoms. The van der Waals surface area contributed by atoms with Gasteiger partial charge >= 0.3 is 0 Å². The Kier molecular flexibility index (Phi) is 5.66. The summed E-state index contributed by atoms with van der Waals surface area (Å²) in [6.07, 6.45) is 0.308. The van der Waals surface area contributed by atoms with E-state index >= 15 is 0 Å². The topological polar surface area (TPSA) is 108 Å². The number of fused-ring (bicyclic) bond motifs is 2. The highest BCUT2D eigenvalue weighted by Gasteiger charge is 2.76. The Balaban J connectivity index is 1.51. The van der Waals surface area contributed by atoms with Crippen LogP contribution in [0.5, 0.6) is 0 Å². The van der Waals surface area contributed by atoms with Gasteiger partial charge in [0.05, 0.1) is 17.9 Å². The smallest absolute Gasteiger partial charge is 0.250 e. The zero-order valence-corrected chi connectivity index (χ0v) is 19.7. The summed E-state index contributed by atoms with van der Waals surface area (Å²) < 4.78 is 6.36. The van der Waals surface area contributed by atoms with Crippen LogP contribution in [0.3, 0.4) is 0 Å². The average molecular weight is 516 g/mol. The molecule has 3 heterocycles. The molecule has 9 heteroatoms. The highest BCUT2D eigenvalue weighted by Crippen LogP contribution is 2.60. The van der Waals surface area contributed by atoms with Gasteiger partial charge in [0.15, 0.2) is 0 Å². The summed E-state index contributed by atoms with van der Waals surface area (Å²) >= 11 is 3.62. The van der Waals surface area contributed by atoms with Crippen molar-refractivity contribution < 1.29 is 24.2 Å². The lowest BCUT2D eigenvalue weighted by Crippen LogP contribution is -2.54. The maximum Gasteiger partial charge on any atom is 0.250 e. The molecular formula is C24H26BrN3O5. The largest absolute Gasteiger partial charge is 0.396 e. The van der Waals surface area contributed by atoms with E-state index in [2.05, 4.69) is 26.6 Å². The molecular weight excluding hydrogens is 490 g/mol. The number of anilines is 1. The molecule has 1 spiro atoms. The van der Waals surface area contributed by atoms with Crippen LogP contribution in [-0.4, -0.2) is 70.5 Å². The molecule has 2 aromatic rings. The van der Waals surface area contributed by atoms with E-state index in [0.717, 1.165) is 10.8 Å². The average Bonchev–Trinajstić information content (AvgIpc) is 3.40. The lowest BCUT2D eigenvalue weighted by molar-refractivity contribution is -0.140. The molecule has 0 saturated carbocycles. The van der Waals surface area contributed by atoms with Crippen LogP contribution in [0.15, 0.2) is 42.5 Å². The van der Waals surface area contributed by atoms with Gasteiger partial charge < -0.3 is 25.4 Å². The lowest BCUT2D eigenvalue weighted by Gasteiger charge is -2.34. The summed E-state index contributed by atoms with van der Waals surface area (Å²) in [5.41, 5.74) is -0.470. The van der Waals surface area contributed by atoms with Crippen LogP contribution in [0.25, 0.3) is 10.8 Å². The van der Waals surface area contributed by atoms with Gasteiger partial charge in [-0.05, 0) is 35.7 Å². The minimum Gasteiger partial charge on any atom is -0.396 e. The molecule has 0 radical (unpaired) electrons. The first-order valence-electron chi connectivity index (χ1n) is 11.2. The number of benzene rings is 2. The Morgan fingerprint density at radius 1 is 1.21 bits per heavy atom. The van der Waals surface area contributed by atoms with Gasteiger partial charge in [-0.15, -0.1) is 0 Å². The Hall–Kier alpha value is -2.49. The second-order valence-corrected chi connectivity index (χ2v) is 10.1. The van der Waals surface area contributed by atoms with E-state index in [0.29, 0.717) is 18.5 Å². The van der Waals surface area contributed by atoms with Gasteiger partial charge in [-0.3, -0.25) is 14.4 Å². The third kappa shape index (κ3) is 3.36. The van der Waals surface area contributed by atoms with Gasteiger partial charge in [-0.2, -0.15) is 0 Å². The predicted octanol–water partition coefficient (Wildman–Crippen LogP) is 1.65. The molecule has 3 fully saturated rings. The van der Waals surface area contributed by atoms with Gasteiger partial charge in [0.1, 0.15) is 11.6 Å². The number of hydrogen-bond donors (Lipinski definition) is 3. The van der Waals surface area contributed by atoms with Crippen LogP contribution in [0.1, 0.15) is 12.8 Å². The molecule has 3 aliphatic heterocycles. The quantitative estimate of drug-likeness (QED) is 0.507. The van der Waals surface area contributed by atoms with Gasteiger partial charge in [0, 0.05) is 30.7 Å². The molecule has 3 N–H and O–H groups in total. The minimum absolute atomic E-state index is 0.107. The molecule has 174 valence electrons. The fraction of sp³-hybridized carbons (Fsp3) is 0.458. The molecule has 5 rings (SSSR count). The Morgan fingerprint density at radius 3 is 2.70 bits per heavy atom. The van der Waals surface area contributed by atoms with Crippen molar-refractivity contribution in [1.82, 2.24) is 10.2 Å². The van der Waals surface area contributed by atoms with E-state index in [4.69, 9.17) is 4.74 Å². The van der Waals surface area contributed by atoms with Crippen molar-refractivity contribution in [3.8, 4) is 0 Å². The Morgan fingerprint density at radius 2 is 1.97 bits per heavy atom. The monoisotopic (exact) mass is 515 g/mol. The molecule has 2 bridgehead atoms. The van der Waals surface area contributed by atoms with E-state index in [-0.39, 0.29) is 35.7 Å². The molecule has 0 aromatic heterocycles. The second kappa shape index (κ2) is 8.38. The van der Waals surface area contributed by atoms with Crippen molar-refractivity contribution in [1.29, 1.82) is 0 Å². The summed E-state index contributed by atoms with van der Waals surface area (Å²) in [4.78, 5) is 41.3. The van der Waals surface area contributed by atoms with Crippen molar-refractivity contribution in [2.24, 2.45) is 11.8 Å². The predicted molar refractivity (Wildman–Crippen MR) is 126 cm³/mol. The van der Waals surface area contributed by atoms with Gasteiger partial charge in [0.2, 0.25) is 17.7 Å². The SMILES string of the molecule is CNC(=O)[C@H]1[C@@H]2OC3(CC2Br)C(C(=O)Nc2ccc4ccccc4c2)N(CCCO)C(=O)[C@H]13. The molecule has 2 aromatic carbocycles. The van der Waals surface area contributed by atoms with Crippen molar-refractivity contribution in [2.75, 3.05) is 25.5 Å². The number of hydrogen-bond acceptors (Lipinski definition) is 5. The number of nitrogens with one attached hydrogen (secondary N) is 2. The van der Waals surface area contributed by atoms with E-state index in [1.54, 1.807) is 0 Å². The van der Waals surface area contributed by atoms with Crippen LogP contribution in [-0.2, 0) is 19.1 Å². The maximum absolute atomic E-state index is 13.7. The number of alkyl halides is 1. The molecule has 6 atom stereocenters. The Labute approximate surface area is 199 Å². The highest BCUT2D eigenvalue weighted by atomic mass is 79.9. The standard InChI is InChI=1S/C24H26BrN3O5/c1-26-21(30)17-18-23(32)28(9-4-10-29)20(24(18)12-16(25)19(17)33-24)22(31)27-15-8-7-13-5-2-3-6-14(13)11-15/h2-3,5-8,11,16-20,29H,4,9-10,12H2,1H3,(H,26,30)(H,27,31)/t16?,17-,18+,19-,20?,24?/m1/s1. The van der Waals surface area contributed by atoms with Crippen molar-refractivity contribution >= 4 is 50.1 Å². The summed E-state index contributed by atoms with van der Waals surface area (Å²) in [7, 11) is 1.54. The van der Waals surface area contributed by atoms with Crippen molar-refractivity contribution in [3.05, 3.63) is 42.5 Å². The van der Waals surface area contributed by atoms with Gasteiger partial charge in [-0.25, -0.2) is 0 Å². The number of aliphatic hydroxyl groups is 1. The summed E-state index contributed by atoms with van der Waals surface area (Å²) in [5.74, 6) is -2.28. The Bertz CT molecular complexity index is 1130. The summed E-state index contributed by atoms with van der Waals surface area (Å²) in [6.45, 7) is 0.106. The van der Waals surface area contributed by atoms with E-state index in [1.165, 1.54) is 11.9 Å². The number of nitrogens with zero attached hydrogens (tertiary/aromatic N) is 1. The molecule has 0 aliphatic carbocycles. The van der Waals surface area contributed by atoms with Crippen LogP contribution >= 0.6 is 15.9 Å². The minimum atomic E-state index is -1.09. The number of ether oxygens (including phenoxy) is 1. The maximum atomic E-state index is 13.7. The molecule has 3 aliphatic rings. The first-order chi connectivity index (χ1) is 15.9. The third-order valence-electron chi connectivity index (χ3n) is 7.16. The molecule has 3 saturated heterocycles. The number of carbonyl (C=O) groups excluding carboxylic acids is 3. The number of halogens is 1. The fourth-order valence-corrected chi connectivity index (χ4v) is 6.80. The van der Waals surface area contributed by atoms with E-state index < -0.39 is 29.6 Å². The molecule has 3 unspecified atom stereocenters. The number of carbonyl (C=O) groups is 3. The summed E-state index contributed by atoms with van der Waals surface area (Å²) in [6, 6.07) is 12.6. The lowest BCUT2D eigenvalue weighted by atomic mass is 9.70. The number of aliphatic hydroxyl groups excluding tert-OH is 1. The van der Waals surface area contributed by atoms with Crippen molar-refractivity contribution in [2.45, 2.75) is 35.4 Å². The fourth-order valence-electron chi connectivity index (χ4n) is 5.86. The van der Waals surface area contributed by atoms with E-state index in [9.17, 15) is 19.5 Å². The van der Waals surface area contributed by atoms with Gasteiger partial charge in [-0.1, -0.05) is 46.3 Å². The van der Waals surface area contributed by atoms with Crippen LogP contribution < -0.4 is 10.6 Å². The second-order valence-electron chi connectivity index (χ2n) is 8.94. The van der Waals surface area contributed by atoms with Crippen LogP contribution in [0, 0.1) is 11.8 Å². The first-order valence-corrected chi connectivity index (χ1v) is 12.1. The van der Waals surface area contributed by atoms with Crippen LogP contribution in [0.2, 0.25) is 0 Å². The number of likely N-dealkylation sites (tertiary alicyclic amines) is 1. The van der Waals surface area contributed by atoms with E-state index in [1.807, 2.05) is 42.5 Å². The molecule has 3 amide bonds. The highest BCUT2D eigenvalue weighted by molar-refractivity contribution is 9.09. The van der Waals surface area contributed by atoms with Crippen LogP contribution in [0.4, 0.5) is 5.69 Å².